The molecule has 0 saturated carbocycles. The third kappa shape index (κ3) is 1.33. The molecular weight excluding hydrogens is 462 g/mol. The summed E-state index contributed by atoms with van der Waals surface area (Å²) in [5, 5.41) is 2.28. The van der Waals surface area contributed by atoms with Crippen LogP contribution < -0.4 is 5.32 Å². The molecule has 80 valence electrons. The second kappa shape index (κ2) is 3.51. The highest BCUT2D eigenvalue weighted by Gasteiger charge is 2.66. The Kier molecular flexibility index (Phi) is 2.81. The Hall–Kier alpha value is 0.540. The molecule has 1 heterocycles. The van der Waals surface area contributed by atoms with Crippen LogP contribution in [0, 0.1) is 0 Å². The minimum absolute atomic E-state index is 0.377. The van der Waals surface area contributed by atoms with E-state index in [1.807, 2.05) is 0 Å². The van der Waals surface area contributed by atoms with Gasteiger partial charge < -0.3 is 0 Å². The fourth-order valence-electron chi connectivity index (χ4n) is 1.48. The van der Waals surface area contributed by atoms with Gasteiger partial charge in [0.1, 0.15) is 0 Å². The van der Waals surface area contributed by atoms with Gasteiger partial charge in [-0.2, -0.15) is 0 Å². The lowest BCUT2D eigenvalue weighted by Crippen LogP contribution is -2.48. The van der Waals surface area contributed by atoms with Gasteiger partial charge in [-0.15, -0.1) is 0 Å². The van der Waals surface area contributed by atoms with Gasteiger partial charge in [-0.3, -0.25) is 14.9 Å². The summed E-state index contributed by atoms with van der Waals surface area (Å²) >= 11 is 13.2. The molecule has 1 aliphatic heterocycles. The lowest BCUT2D eigenvalue weighted by atomic mass is 9.90. The molecule has 0 radical (unpaired) electrons. The molecular formula is C8H3Br4NO2. The van der Waals surface area contributed by atoms with Gasteiger partial charge in [-0.1, -0.05) is 53.9 Å². The molecule has 2 atom stereocenters. The monoisotopic (exact) mass is 461 g/mol. The molecule has 3 nitrogen and oxygen atoms in total. The lowest BCUT2D eigenvalue weighted by molar-refractivity contribution is -0.125. The van der Waals surface area contributed by atoms with E-state index in [1.165, 1.54) is 0 Å². The zero-order chi connectivity index (χ0) is 11.4. The number of fused-ring (bicyclic) bond motifs is 1. The number of imide groups is 1. The molecule has 2 unspecified atom stereocenters. The van der Waals surface area contributed by atoms with Crippen LogP contribution in [0.1, 0.15) is 0 Å². The van der Waals surface area contributed by atoms with E-state index in [0.717, 1.165) is 4.48 Å². The summed E-state index contributed by atoms with van der Waals surface area (Å²) in [6.07, 6.45) is 3.35. The summed E-state index contributed by atoms with van der Waals surface area (Å²) in [6.45, 7) is 0. The van der Waals surface area contributed by atoms with Gasteiger partial charge in [0.15, 0.2) is 8.65 Å². The van der Waals surface area contributed by atoms with Crippen LogP contribution in [0.25, 0.3) is 0 Å². The van der Waals surface area contributed by atoms with Crippen molar-refractivity contribution in [1.29, 1.82) is 0 Å². The van der Waals surface area contributed by atoms with Gasteiger partial charge in [0.25, 0.3) is 5.91 Å². The standard InChI is InChI=1S/C8H3Br4NO2/c9-3-1-2-7(11)5(14)13-6(15)8(7,12)4(3)10/h1-2H,(H,13,14,15). The molecule has 2 rings (SSSR count). The zero-order valence-corrected chi connectivity index (χ0v) is 13.3. The van der Waals surface area contributed by atoms with Crippen molar-refractivity contribution in [3.05, 3.63) is 21.1 Å². The number of allylic oxidation sites excluding steroid dienone is 2. The summed E-state index contributed by atoms with van der Waals surface area (Å²) in [6, 6.07) is 0. The van der Waals surface area contributed by atoms with Crippen LogP contribution in [-0.4, -0.2) is 20.5 Å². The second-order valence-corrected chi connectivity index (χ2v) is 7.24. The molecule has 0 aromatic rings. The minimum atomic E-state index is -1.12. The molecule has 0 bridgehead atoms. The normalized spacial score (nSPS) is 39.5. The van der Waals surface area contributed by atoms with Gasteiger partial charge in [-0.25, -0.2) is 0 Å². The number of alkyl halides is 2. The Morgan fingerprint density at radius 2 is 1.73 bits per heavy atom. The average Bonchev–Trinajstić information content (AvgIpc) is 2.36. The Morgan fingerprint density at radius 3 is 2.33 bits per heavy atom. The molecule has 0 spiro atoms. The molecule has 1 saturated heterocycles. The quantitative estimate of drug-likeness (QED) is 0.442. The first-order chi connectivity index (χ1) is 6.84. The van der Waals surface area contributed by atoms with Crippen LogP contribution in [0.2, 0.25) is 0 Å². The van der Waals surface area contributed by atoms with E-state index < -0.39 is 14.6 Å². The highest BCUT2D eigenvalue weighted by atomic mass is 79.9. The molecule has 0 aromatic carbocycles. The van der Waals surface area contributed by atoms with E-state index in [-0.39, 0.29) is 5.91 Å². The number of hydrogen-bond acceptors (Lipinski definition) is 2. The van der Waals surface area contributed by atoms with Crippen molar-refractivity contribution in [3.63, 3.8) is 0 Å². The van der Waals surface area contributed by atoms with Crippen molar-refractivity contribution in [3.8, 4) is 0 Å². The van der Waals surface area contributed by atoms with Crippen molar-refractivity contribution >= 4 is 75.5 Å². The van der Waals surface area contributed by atoms with Gasteiger partial charge in [-0.05, 0) is 22.0 Å². The molecule has 2 aliphatic rings. The predicted molar refractivity (Wildman–Crippen MR) is 70.5 cm³/mol. The molecule has 1 N–H and O–H groups in total. The van der Waals surface area contributed by atoms with E-state index in [4.69, 9.17) is 0 Å². The third-order valence-electron chi connectivity index (χ3n) is 2.34. The molecule has 1 aliphatic carbocycles. The largest absolute Gasteiger partial charge is 0.293 e. The van der Waals surface area contributed by atoms with E-state index in [2.05, 4.69) is 69.0 Å². The Labute approximate surface area is 119 Å². The first kappa shape index (κ1) is 12.0. The SMILES string of the molecule is O=C1NC(=O)C2(Br)C(Br)=C(Br)C=CC12Br. The summed E-state index contributed by atoms with van der Waals surface area (Å²) in [5.74, 6) is -0.768. The van der Waals surface area contributed by atoms with Gasteiger partial charge in [0.05, 0.1) is 0 Å². The van der Waals surface area contributed by atoms with Crippen LogP contribution in [0.15, 0.2) is 21.1 Å². The fourth-order valence-corrected chi connectivity index (χ4v) is 4.30. The van der Waals surface area contributed by atoms with Crippen LogP contribution in [0.3, 0.4) is 0 Å². The van der Waals surface area contributed by atoms with Crippen molar-refractivity contribution in [2.24, 2.45) is 0 Å². The van der Waals surface area contributed by atoms with Crippen LogP contribution in [0.4, 0.5) is 0 Å². The number of rotatable bonds is 0. The molecule has 15 heavy (non-hydrogen) atoms. The summed E-state index contributed by atoms with van der Waals surface area (Å²) < 4.78 is -0.894. The number of amides is 2. The van der Waals surface area contributed by atoms with Crippen LogP contribution in [-0.2, 0) is 9.59 Å². The third-order valence-corrected chi connectivity index (χ3v) is 8.22. The van der Waals surface area contributed by atoms with Gasteiger partial charge >= 0.3 is 0 Å². The Bertz CT molecular complexity index is 444. The maximum absolute atomic E-state index is 11.8. The smallest absolute Gasteiger partial charge is 0.250 e. The zero-order valence-electron chi connectivity index (χ0n) is 6.98. The van der Waals surface area contributed by atoms with E-state index >= 15 is 0 Å². The highest BCUT2D eigenvalue weighted by Crippen LogP contribution is 2.54. The number of halogens is 4. The maximum atomic E-state index is 11.8. The summed E-state index contributed by atoms with van der Waals surface area (Å²) in [5.41, 5.74) is 0. The van der Waals surface area contributed by atoms with Crippen LogP contribution >= 0.6 is 63.7 Å². The van der Waals surface area contributed by atoms with Crippen molar-refractivity contribution in [1.82, 2.24) is 5.32 Å². The summed E-state index contributed by atoms with van der Waals surface area (Å²) in [7, 11) is 0. The molecule has 2 amide bonds. The average molecular weight is 465 g/mol. The Morgan fingerprint density at radius 1 is 1.13 bits per heavy atom. The van der Waals surface area contributed by atoms with Crippen LogP contribution in [0.5, 0.6) is 0 Å². The number of carbonyl (C=O) groups excluding carboxylic acids is 2. The molecule has 7 heteroatoms. The summed E-state index contributed by atoms with van der Waals surface area (Å²) in [4.78, 5) is 23.5. The fraction of sp³-hybridized carbons (Fsp3) is 0.250. The van der Waals surface area contributed by atoms with E-state index in [0.29, 0.717) is 4.48 Å². The first-order valence-electron chi connectivity index (χ1n) is 3.82. The van der Waals surface area contributed by atoms with Gasteiger partial charge in [0, 0.05) is 8.96 Å². The Balaban J connectivity index is 2.71. The molecule has 0 aromatic heterocycles. The van der Waals surface area contributed by atoms with Crippen molar-refractivity contribution in [2.45, 2.75) is 8.65 Å². The molecule has 1 fully saturated rings. The minimum Gasteiger partial charge on any atom is -0.293 e. The first-order valence-corrected chi connectivity index (χ1v) is 7.00. The van der Waals surface area contributed by atoms with E-state index in [1.54, 1.807) is 12.2 Å². The van der Waals surface area contributed by atoms with Crippen molar-refractivity contribution in [2.75, 3.05) is 0 Å². The van der Waals surface area contributed by atoms with Gasteiger partial charge in [0.2, 0.25) is 5.91 Å². The predicted octanol–water partition coefficient (Wildman–Crippen LogP) is 2.48. The highest BCUT2D eigenvalue weighted by molar-refractivity contribution is 9.16. The van der Waals surface area contributed by atoms with Crippen molar-refractivity contribution < 1.29 is 9.59 Å². The number of carbonyl (C=O) groups is 2. The lowest BCUT2D eigenvalue weighted by Gasteiger charge is -2.33. The second-order valence-electron chi connectivity index (χ2n) is 3.15. The number of nitrogens with one attached hydrogen (secondary N) is 1. The van der Waals surface area contributed by atoms with E-state index in [9.17, 15) is 9.59 Å². The number of hydrogen-bond donors (Lipinski definition) is 1. The maximum Gasteiger partial charge on any atom is 0.250 e. The topological polar surface area (TPSA) is 46.2 Å².